The molecule has 1 spiro atoms. The predicted molar refractivity (Wildman–Crippen MR) is 59.0 cm³/mol. The molecule has 2 aliphatic carbocycles. The maximum Gasteiger partial charge on any atom is 0.0571 e. The molecule has 0 aliphatic heterocycles. The van der Waals surface area contributed by atoms with Gasteiger partial charge in [0.1, 0.15) is 0 Å². The van der Waals surface area contributed by atoms with E-state index in [1.807, 2.05) is 0 Å². The van der Waals surface area contributed by atoms with Gasteiger partial charge in [0, 0.05) is 0 Å². The lowest BCUT2D eigenvalue weighted by Gasteiger charge is -2.36. The van der Waals surface area contributed by atoms with Gasteiger partial charge in [-0.3, -0.25) is 0 Å². The van der Waals surface area contributed by atoms with E-state index in [1.165, 1.54) is 25.7 Å². The summed E-state index contributed by atoms with van der Waals surface area (Å²) in [6.45, 7) is 6.83. The van der Waals surface area contributed by atoms with E-state index < -0.39 is 0 Å². The molecular formula is C13H24O. The Balaban J connectivity index is 2.00. The van der Waals surface area contributed by atoms with Crippen molar-refractivity contribution in [1.29, 1.82) is 0 Å². The molecular weight excluding hydrogens is 172 g/mol. The number of hydrogen-bond acceptors (Lipinski definition) is 1. The summed E-state index contributed by atoms with van der Waals surface area (Å²) in [5, 5.41) is 9.96. The van der Waals surface area contributed by atoms with E-state index in [0.29, 0.717) is 17.3 Å². The Hall–Kier alpha value is -0.0400. The zero-order valence-corrected chi connectivity index (χ0v) is 9.79. The maximum atomic E-state index is 9.96. The van der Waals surface area contributed by atoms with Gasteiger partial charge in [-0.2, -0.15) is 0 Å². The number of aliphatic hydroxyl groups is 1. The highest BCUT2D eigenvalue weighted by molar-refractivity contribution is 5.06. The van der Waals surface area contributed by atoms with E-state index in [9.17, 15) is 5.11 Å². The molecule has 82 valence electrons. The first-order chi connectivity index (χ1) is 6.59. The van der Waals surface area contributed by atoms with Crippen LogP contribution < -0.4 is 0 Å². The molecule has 1 nitrogen and oxygen atoms in total. The first-order valence-electron chi connectivity index (χ1n) is 6.27. The van der Waals surface area contributed by atoms with Gasteiger partial charge in [0.2, 0.25) is 0 Å². The van der Waals surface area contributed by atoms with Gasteiger partial charge >= 0.3 is 0 Å². The Morgan fingerprint density at radius 3 is 2.57 bits per heavy atom. The molecule has 0 aromatic carbocycles. The second-order valence-electron chi connectivity index (χ2n) is 5.89. The Labute approximate surface area is 87.9 Å². The fourth-order valence-electron chi connectivity index (χ4n) is 3.60. The molecule has 0 saturated heterocycles. The van der Waals surface area contributed by atoms with E-state index in [1.54, 1.807) is 0 Å². The molecule has 1 heteroatoms. The summed E-state index contributed by atoms with van der Waals surface area (Å²) < 4.78 is 0. The molecule has 2 fully saturated rings. The third kappa shape index (κ3) is 1.60. The van der Waals surface area contributed by atoms with Crippen molar-refractivity contribution in [3.05, 3.63) is 0 Å². The van der Waals surface area contributed by atoms with Crippen LogP contribution in [0.5, 0.6) is 0 Å². The van der Waals surface area contributed by atoms with Gasteiger partial charge in [0.15, 0.2) is 0 Å². The van der Waals surface area contributed by atoms with Crippen LogP contribution in [0.25, 0.3) is 0 Å². The SMILES string of the molecule is CC[C@H]1C[C@]12CCC(O)C(C(C)C)C2. The van der Waals surface area contributed by atoms with Crippen LogP contribution in [0.3, 0.4) is 0 Å². The third-order valence-electron chi connectivity index (χ3n) is 4.78. The molecule has 14 heavy (non-hydrogen) atoms. The summed E-state index contributed by atoms with van der Waals surface area (Å²) in [6.07, 6.45) is 6.42. The minimum atomic E-state index is -0.0151. The minimum absolute atomic E-state index is 0.0151. The summed E-state index contributed by atoms with van der Waals surface area (Å²) in [5.74, 6) is 2.21. The van der Waals surface area contributed by atoms with Crippen molar-refractivity contribution < 1.29 is 5.11 Å². The standard InChI is InChI=1S/C13H24O/c1-4-10-7-13(10)6-5-12(14)11(8-13)9(2)3/h9-12,14H,4-8H2,1-3H3/t10-,11?,12?,13-/m0/s1. The van der Waals surface area contributed by atoms with E-state index in [4.69, 9.17) is 0 Å². The van der Waals surface area contributed by atoms with Crippen molar-refractivity contribution in [2.75, 3.05) is 0 Å². The molecule has 2 rings (SSSR count). The molecule has 0 radical (unpaired) electrons. The summed E-state index contributed by atoms with van der Waals surface area (Å²) >= 11 is 0. The molecule has 0 heterocycles. The van der Waals surface area contributed by atoms with Crippen LogP contribution >= 0.6 is 0 Å². The van der Waals surface area contributed by atoms with Gasteiger partial charge in [0.05, 0.1) is 6.10 Å². The van der Waals surface area contributed by atoms with E-state index in [2.05, 4.69) is 20.8 Å². The monoisotopic (exact) mass is 196 g/mol. The van der Waals surface area contributed by atoms with E-state index >= 15 is 0 Å². The maximum absolute atomic E-state index is 9.96. The van der Waals surface area contributed by atoms with Crippen molar-refractivity contribution in [2.24, 2.45) is 23.2 Å². The largest absolute Gasteiger partial charge is 0.393 e. The Kier molecular flexibility index (Phi) is 2.63. The topological polar surface area (TPSA) is 20.2 Å². The highest BCUT2D eigenvalue weighted by Gasteiger charge is 2.55. The normalized spacial score (nSPS) is 47.4. The average molecular weight is 196 g/mol. The van der Waals surface area contributed by atoms with Crippen LogP contribution in [-0.4, -0.2) is 11.2 Å². The van der Waals surface area contributed by atoms with Gasteiger partial charge in [-0.15, -0.1) is 0 Å². The third-order valence-corrected chi connectivity index (χ3v) is 4.78. The van der Waals surface area contributed by atoms with Gasteiger partial charge < -0.3 is 5.11 Å². The van der Waals surface area contributed by atoms with Crippen LogP contribution in [0.15, 0.2) is 0 Å². The minimum Gasteiger partial charge on any atom is -0.393 e. The quantitative estimate of drug-likeness (QED) is 0.719. The highest BCUT2D eigenvalue weighted by atomic mass is 16.3. The van der Waals surface area contributed by atoms with Gasteiger partial charge in [0.25, 0.3) is 0 Å². The molecule has 2 saturated carbocycles. The zero-order valence-electron chi connectivity index (χ0n) is 9.79. The summed E-state index contributed by atoms with van der Waals surface area (Å²) in [6, 6.07) is 0. The lowest BCUT2D eigenvalue weighted by Crippen LogP contribution is -2.34. The fourth-order valence-corrected chi connectivity index (χ4v) is 3.60. The molecule has 2 unspecified atom stereocenters. The summed E-state index contributed by atoms with van der Waals surface area (Å²) in [4.78, 5) is 0. The van der Waals surface area contributed by atoms with Gasteiger partial charge in [-0.05, 0) is 48.9 Å². The molecule has 2 aliphatic rings. The average Bonchev–Trinajstić information content (AvgIpc) is 2.83. The van der Waals surface area contributed by atoms with Crippen LogP contribution in [0, 0.1) is 23.2 Å². The molecule has 4 atom stereocenters. The van der Waals surface area contributed by atoms with Crippen LogP contribution in [-0.2, 0) is 0 Å². The molecule has 1 N–H and O–H groups in total. The van der Waals surface area contributed by atoms with Crippen LogP contribution in [0.4, 0.5) is 0 Å². The van der Waals surface area contributed by atoms with Crippen molar-refractivity contribution in [3.63, 3.8) is 0 Å². The number of aliphatic hydroxyl groups excluding tert-OH is 1. The Bertz CT molecular complexity index is 211. The van der Waals surface area contributed by atoms with Gasteiger partial charge in [-0.25, -0.2) is 0 Å². The molecule has 0 aromatic heterocycles. The van der Waals surface area contributed by atoms with Crippen LogP contribution in [0.1, 0.15) is 52.9 Å². The smallest absolute Gasteiger partial charge is 0.0571 e. The summed E-state index contributed by atoms with van der Waals surface area (Å²) in [7, 11) is 0. The van der Waals surface area contributed by atoms with Crippen molar-refractivity contribution in [2.45, 2.75) is 59.0 Å². The molecule has 0 amide bonds. The van der Waals surface area contributed by atoms with Crippen molar-refractivity contribution in [1.82, 2.24) is 0 Å². The van der Waals surface area contributed by atoms with Crippen molar-refractivity contribution >= 4 is 0 Å². The lowest BCUT2D eigenvalue weighted by molar-refractivity contribution is 0.0143. The fraction of sp³-hybridized carbons (Fsp3) is 1.00. The molecule has 0 bridgehead atoms. The zero-order chi connectivity index (χ0) is 10.3. The second kappa shape index (κ2) is 3.52. The number of rotatable bonds is 2. The first kappa shape index (κ1) is 10.5. The second-order valence-corrected chi connectivity index (χ2v) is 5.89. The van der Waals surface area contributed by atoms with Crippen molar-refractivity contribution in [3.8, 4) is 0 Å². The predicted octanol–water partition coefficient (Wildman–Crippen LogP) is 3.22. The summed E-state index contributed by atoms with van der Waals surface area (Å²) in [5.41, 5.74) is 0.670. The number of hydrogen-bond donors (Lipinski definition) is 1. The molecule has 0 aromatic rings. The Morgan fingerprint density at radius 1 is 1.36 bits per heavy atom. The van der Waals surface area contributed by atoms with Gasteiger partial charge in [-0.1, -0.05) is 27.2 Å². The van der Waals surface area contributed by atoms with Crippen LogP contribution in [0.2, 0.25) is 0 Å². The highest BCUT2D eigenvalue weighted by Crippen LogP contribution is 2.64. The first-order valence-corrected chi connectivity index (χ1v) is 6.27. The van der Waals surface area contributed by atoms with E-state index in [-0.39, 0.29) is 6.10 Å². The Morgan fingerprint density at radius 2 is 2.07 bits per heavy atom. The lowest BCUT2D eigenvalue weighted by atomic mass is 9.71. The van der Waals surface area contributed by atoms with E-state index in [0.717, 1.165) is 12.3 Å².